The molecule has 11 heavy (non-hydrogen) atoms. The Labute approximate surface area is 68.1 Å². The van der Waals surface area contributed by atoms with Crippen LogP contribution in [0.15, 0.2) is 29.2 Å². The van der Waals surface area contributed by atoms with E-state index in [2.05, 4.69) is 0 Å². The highest BCUT2D eigenvalue weighted by Crippen LogP contribution is 2.38. The van der Waals surface area contributed by atoms with Crippen molar-refractivity contribution in [2.45, 2.75) is 4.90 Å². The molecule has 1 aromatic rings. The predicted octanol–water partition coefficient (Wildman–Crippen LogP) is 0.464. The smallest absolute Gasteiger partial charge is 0.113 e. The third-order valence-electron chi connectivity index (χ3n) is 1.23. The summed E-state index contributed by atoms with van der Waals surface area (Å²) in [7, 11) is 2.30. The minimum atomic E-state index is -3.08. The lowest BCUT2D eigenvalue weighted by molar-refractivity contribution is 0.489. The maximum absolute atomic E-state index is 8.96. The van der Waals surface area contributed by atoms with E-state index in [4.69, 9.17) is 22.1 Å². The maximum Gasteiger partial charge on any atom is 0.113 e. The van der Waals surface area contributed by atoms with Gasteiger partial charge in [0, 0.05) is 0 Å². The van der Waals surface area contributed by atoms with Gasteiger partial charge in [0.1, 0.15) is 7.85 Å². The van der Waals surface area contributed by atoms with Gasteiger partial charge in [-0.2, -0.15) is 0 Å². The molecule has 0 saturated carbocycles. The molecule has 0 unspecified atom stereocenters. The van der Waals surface area contributed by atoms with E-state index in [0.29, 0.717) is 10.4 Å². The van der Waals surface area contributed by atoms with Crippen LogP contribution in [-0.4, -0.2) is 17.0 Å². The van der Waals surface area contributed by atoms with Crippen molar-refractivity contribution in [1.82, 2.24) is 0 Å². The minimum absolute atomic E-state index is 0.298. The van der Waals surface area contributed by atoms with Gasteiger partial charge in [0.25, 0.3) is 0 Å². The first-order chi connectivity index (χ1) is 5.00. The fourth-order valence-corrected chi connectivity index (χ4v) is 1.20. The Morgan fingerprint density at radius 3 is 2.00 bits per heavy atom. The van der Waals surface area contributed by atoms with E-state index in [0.717, 1.165) is 0 Å². The monoisotopic (exact) mass is 169 g/mol. The van der Waals surface area contributed by atoms with E-state index >= 15 is 0 Å². The lowest BCUT2D eigenvalue weighted by Gasteiger charge is -2.26. The van der Waals surface area contributed by atoms with Gasteiger partial charge in [0.2, 0.25) is 0 Å². The van der Waals surface area contributed by atoms with Crippen LogP contribution in [0.3, 0.4) is 0 Å². The highest BCUT2D eigenvalue weighted by Gasteiger charge is 2.06. The van der Waals surface area contributed by atoms with Crippen molar-refractivity contribution in [3.05, 3.63) is 24.3 Å². The van der Waals surface area contributed by atoms with E-state index in [1.807, 2.05) is 0 Å². The lowest BCUT2D eigenvalue weighted by Crippen LogP contribution is -2.10. The first-order valence-corrected chi connectivity index (χ1v) is 4.52. The zero-order chi connectivity index (χ0) is 8.48. The molecule has 0 atom stereocenters. The Hall–Kier alpha value is -0.485. The van der Waals surface area contributed by atoms with Crippen LogP contribution in [0.2, 0.25) is 0 Å². The largest absolute Gasteiger partial charge is 0.282 e. The summed E-state index contributed by atoms with van der Waals surface area (Å²) < 4.78 is 17.9. The van der Waals surface area contributed by atoms with Crippen molar-refractivity contribution in [1.29, 1.82) is 0 Å². The normalized spacial score (nSPS) is 13.0. The highest BCUT2D eigenvalue weighted by molar-refractivity contribution is 8.22. The zero-order valence-electron chi connectivity index (χ0n) is 5.77. The van der Waals surface area contributed by atoms with E-state index in [1.165, 1.54) is 12.1 Å². The van der Waals surface area contributed by atoms with Gasteiger partial charge in [0.15, 0.2) is 0 Å². The van der Waals surface area contributed by atoms with E-state index < -0.39 is 10.8 Å². The van der Waals surface area contributed by atoms with Crippen LogP contribution in [0.5, 0.6) is 0 Å². The molecular weight excluding hydrogens is 161 g/mol. The molecule has 5 heteroatoms. The Balaban J connectivity index is 2.99. The Morgan fingerprint density at radius 2 is 1.64 bits per heavy atom. The first-order valence-electron chi connectivity index (χ1n) is 2.92. The van der Waals surface area contributed by atoms with Crippen LogP contribution in [0.1, 0.15) is 0 Å². The van der Waals surface area contributed by atoms with E-state index in [1.54, 1.807) is 12.1 Å². The third-order valence-corrected chi connectivity index (χ3v) is 2.19. The number of hydrogen-bond donors (Lipinski definition) is 3. The van der Waals surface area contributed by atoms with Crippen molar-refractivity contribution < 1.29 is 9.11 Å². The van der Waals surface area contributed by atoms with Crippen molar-refractivity contribution in [3.8, 4) is 0 Å². The van der Waals surface area contributed by atoms with Gasteiger partial charge in [-0.3, -0.25) is 9.11 Å². The second-order valence-corrected chi connectivity index (χ2v) is 3.82. The maximum atomic E-state index is 8.96. The molecule has 3 nitrogen and oxygen atoms in total. The third kappa shape index (κ3) is 2.23. The fraction of sp³-hybridized carbons (Fsp3) is 0. The standard InChI is InChI=1S/C6H8BNO2S/c7-5-1-3-6(4-2-5)11(8,9)10/h1-4,9-10H,8H2. The SMILES string of the molecule is [B]c1ccc(S(N)(O)O)cc1. The molecule has 0 aliphatic rings. The van der Waals surface area contributed by atoms with Gasteiger partial charge in [-0.15, -0.1) is 10.8 Å². The van der Waals surface area contributed by atoms with Crippen molar-refractivity contribution in [3.63, 3.8) is 0 Å². The quantitative estimate of drug-likeness (QED) is 0.535. The van der Waals surface area contributed by atoms with Crippen LogP contribution >= 0.6 is 10.8 Å². The molecule has 0 fully saturated rings. The molecule has 1 rings (SSSR count). The second-order valence-electron chi connectivity index (χ2n) is 2.16. The van der Waals surface area contributed by atoms with Crippen LogP contribution in [-0.2, 0) is 0 Å². The molecule has 1 aromatic carbocycles. The Bertz CT molecular complexity index is 244. The first kappa shape index (κ1) is 8.61. The van der Waals surface area contributed by atoms with Gasteiger partial charge in [-0.25, -0.2) is 5.14 Å². The summed E-state index contributed by atoms with van der Waals surface area (Å²) in [4.78, 5) is 0.298. The zero-order valence-corrected chi connectivity index (χ0v) is 6.58. The molecule has 0 aliphatic carbocycles. The van der Waals surface area contributed by atoms with Crippen molar-refractivity contribution in [2.24, 2.45) is 5.14 Å². The fourth-order valence-electron chi connectivity index (χ4n) is 0.668. The summed E-state index contributed by atoms with van der Waals surface area (Å²) in [5.41, 5.74) is 0.567. The molecule has 0 spiro atoms. The van der Waals surface area contributed by atoms with Crippen LogP contribution in [0, 0.1) is 0 Å². The molecule has 0 saturated heterocycles. The summed E-state index contributed by atoms with van der Waals surface area (Å²) in [5.74, 6) is 0. The van der Waals surface area contributed by atoms with E-state index in [-0.39, 0.29) is 0 Å². The van der Waals surface area contributed by atoms with Gasteiger partial charge in [0.05, 0.1) is 4.90 Å². The van der Waals surface area contributed by atoms with Crippen LogP contribution < -0.4 is 10.6 Å². The predicted molar refractivity (Wildman–Crippen MR) is 47.1 cm³/mol. The molecule has 0 bridgehead atoms. The number of rotatable bonds is 1. The van der Waals surface area contributed by atoms with Gasteiger partial charge >= 0.3 is 0 Å². The van der Waals surface area contributed by atoms with Crippen molar-refractivity contribution in [2.75, 3.05) is 0 Å². The highest BCUT2D eigenvalue weighted by atomic mass is 32.3. The molecule has 0 aliphatic heterocycles. The number of hydrogen-bond acceptors (Lipinski definition) is 3. The molecule has 0 heterocycles. The lowest BCUT2D eigenvalue weighted by atomic mass is 9.97. The summed E-state index contributed by atoms with van der Waals surface area (Å²) in [6, 6.07) is 6.11. The summed E-state index contributed by atoms with van der Waals surface area (Å²) in [6.45, 7) is 0. The van der Waals surface area contributed by atoms with Gasteiger partial charge < -0.3 is 0 Å². The molecule has 0 aromatic heterocycles. The second kappa shape index (κ2) is 2.87. The average molecular weight is 169 g/mol. The van der Waals surface area contributed by atoms with Crippen LogP contribution in [0.25, 0.3) is 0 Å². The summed E-state index contributed by atoms with van der Waals surface area (Å²) >= 11 is 0. The minimum Gasteiger partial charge on any atom is -0.282 e. The molecular formula is C6H8BNO2S. The van der Waals surface area contributed by atoms with E-state index in [9.17, 15) is 0 Å². The summed E-state index contributed by atoms with van der Waals surface area (Å²) in [6.07, 6.45) is 0. The molecule has 4 N–H and O–H groups in total. The van der Waals surface area contributed by atoms with Crippen molar-refractivity contribution >= 4 is 24.1 Å². The Morgan fingerprint density at radius 1 is 1.18 bits per heavy atom. The molecule has 58 valence electrons. The average Bonchev–Trinajstić information content (AvgIpc) is 1.86. The van der Waals surface area contributed by atoms with Gasteiger partial charge in [-0.1, -0.05) is 17.6 Å². The topological polar surface area (TPSA) is 66.5 Å². The van der Waals surface area contributed by atoms with Crippen LogP contribution in [0.4, 0.5) is 0 Å². The number of nitrogens with two attached hydrogens (primary N) is 1. The Kier molecular flexibility index (Phi) is 2.24. The van der Waals surface area contributed by atoms with Gasteiger partial charge in [-0.05, 0) is 12.1 Å². The summed E-state index contributed by atoms with van der Waals surface area (Å²) in [5, 5.41) is 5.06. The molecule has 0 amide bonds. The number of benzene rings is 1. The molecule has 2 radical (unpaired) electrons.